The zero-order valence-corrected chi connectivity index (χ0v) is 10.1. The molecule has 0 spiro atoms. The Kier molecular flexibility index (Phi) is 2.97. The van der Waals surface area contributed by atoms with Gasteiger partial charge in [-0.1, -0.05) is 6.07 Å². The molecule has 0 aliphatic rings. The van der Waals surface area contributed by atoms with Crippen molar-refractivity contribution < 1.29 is 5.11 Å². The number of aromatic nitrogens is 2. The van der Waals surface area contributed by atoms with E-state index in [1.165, 1.54) is 5.52 Å². The maximum atomic E-state index is 8.91. The van der Waals surface area contributed by atoms with E-state index in [2.05, 4.69) is 41.6 Å². The summed E-state index contributed by atoms with van der Waals surface area (Å²) < 4.78 is 2.23. The average molecular weight is 218 g/mol. The normalized spacial score (nSPS) is 11.6. The van der Waals surface area contributed by atoms with Crippen molar-refractivity contribution in [3.63, 3.8) is 0 Å². The molecule has 0 radical (unpaired) electrons. The molecule has 3 heteroatoms. The van der Waals surface area contributed by atoms with Crippen molar-refractivity contribution in [3.8, 4) is 0 Å². The van der Waals surface area contributed by atoms with Crippen LogP contribution in [0.1, 0.15) is 31.3 Å². The number of rotatable bonds is 3. The van der Waals surface area contributed by atoms with E-state index >= 15 is 0 Å². The summed E-state index contributed by atoms with van der Waals surface area (Å²) in [5, 5.41) is 8.91. The molecule has 0 saturated heterocycles. The highest BCUT2D eigenvalue weighted by molar-refractivity contribution is 5.77. The molecule has 1 aromatic heterocycles. The third kappa shape index (κ3) is 1.83. The van der Waals surface area contributed by atoms with Crippen molar-refractivity contribution in [2.75, 3.05) is 6.61 Å². The van der Waals surface area contributed by atoms with Crippen LogP contribution in [0.3, 0.4) is 0 Å². The molecule has 0 atom stereocenters. The smallest absolute Gasteiger partial charge is 0.106 e. The standard InChI is InChI=1S/C13H18N2O/c1-9(2)15-10(3)14-12-8-11(6-7-16)4-5-13(12)15/h4-5,8-9,16H,6-7H2,1-3H3. The molecule has 0 fully saturated rings. The second-order valence-electron chi connectivity index (χ2n) is 4.42. The molecule has 0 unspecified atom stereocenters. The summed E-state index contributed by atoms with van der Waals surface area (Å²) >= 11 is 0. The first-order valence-corrected chi connectivity index (χ1v) is 5.72. The fourth-order valence-electron chi connectivity index (χ4n) is 2.20. The predicted octanol–water partition coefficient (Wildman–Crippen LogP) is 2.46. The van der Waals surface area contributed by atoms with Crippen molar-refractivity contribution in [1.29, 1.82) is 0 Å². The van der Waals surface area contributed by atoms with Crippen molar-refractivity contribution in [3.05, 3.63) is 29.6 Å². The summed E-state index contributed by atoms with van der Waals surface area (Å²) in [5.41, 5.74) is 3.34. The summed E-state index contributed by atoms with van der Waals surface area (Å²) in [6, 6.07) is 6.66. The quantitative estimate of drug-likeness (QED) is 0.859. The van der Waals surface area contributed by atoms with Crippen LogP contribution < -0.4 is 0 Å². The van der Waals surface area contributed by atoms with Crippen LogP contribution in [0.4, 0.5) is 0 Å². The molecule has 0 aliphatic carbocycles. The van der Waals surface area contributed by atoms with Crippen LogP contribution >= 0.6 is 0 Å². The van der Waals surface area contributed by atoms with Crippen LogP contribution in [0.15, 0.2) is 18.2 Å². The van der Waals surface area contributed by atoms with E-state index in [1.807, 2.05) is 6.92 Å². The van der Waals surface area contributed by atoms with Gasteiger partial charge in [0.25, 0.3) is 0 Å². The number of aliphatic hydroxyl groups is 1. The van der Waals surface area contributed by atoms with Gasteiger partial charge >= 0.3 is 0 Å². The highest BCUT2D eigenvalue weighted by atomic mass is 16.2. The van der Waals surface area contributed by atoms with Crippen LogP contribution in [-0.4, -0.2) is 21.3 Å². The maximum absolute atomic E-state index is 8.91. The van der Waals surface area contributed by atoms with Crippen molar-refractivity contribution in [2.45, 2.75) is 33.2 Å². The molecule has 0 amide bonds. The van der Waals surface area contributed by atoms with E-state index < -0.39 is 0 Å². The van der Waals surface area contributed by atoms with Gasteiger partial charge in [0.1, 0.15) is 5.82 Å². The number of aryl methyl sites for hydroxylation is 1. The first kappa shape index (κ1) is 11.1. The number of nitrogens with zero attached hydrogens (tertiary/aromatic N) is 2. The largest absolute Gasteiger partial charge is 0.396 e. The molecule has 2 aromatic rings. The Morgan fingerprint density at radius 1 is 1.38 bits per heavy atom. The zero-order chi connectivity index (χ0) is 11.7. The number of imidazole rings is 1. The number of aliphatic hydroxyl groups excluding tert-OH is 1. The van der Waals surface area contributed by atoms with E-state index in [-0.39, 0.29) is 6.61 Å². The van der Waals surface area contributed by atoms with Crippen LogP contribution in [0.2, 0.25) is 0 Å². The molecule has 1 N–H and O–H groups in total. The summed E-state index contributed by atoms with van der Waals surface area (Å²) in [5.74, 6) is 1.05. The molecular formula is C13H18N2O. The third-order valence-electron chi connectivity index (χ3n) is 2.85. The van der Waals surface area contributed by atoms with Gasteiger partial charge in [0.15, 0.2) is 0 Å². The second kappa shape index (κ2) is 4.26. The summed E-state index contributed by atoms with van der Waals surface area (Å²) in [7, 11) is 0. The Hall–Kier alpha value is -1.35. The Labute approximate surface area is 95.7 Å². The Morgan fingerprint density at radius 3 is 2.75 bits per heavy atom. The Balaban J connectivity index is 2.56. The molecule has 1 aromatic carbocycles. The Bertz CT molecular complexity index is 500. The van der Waals surface area contributed by atoms with Gasteiger partial charge < -0.3 is 9.67 Å². The fraction of sp³-hybridized carbons (Fsp3) is 0.462. The third-order valence-corrected chi connectivity index (χ3v) is 2.85. The average Bonchev–Trinajstić information content (AvgIpc) is 2.53. The van der Waals surface area contributed by atoms with Crippen LogP contribution in [0, 0.1) is 6.92 Å². The number of hydrogen-bond donors (Lipinski definition) is 1. The molecule has 3 nitrogen and oxygen atoms in total. The lowest BCUT2D eigenvalue weighted by atomic mass is 10.1. The van der Waals surface area contributed by atoms with Crippen molar-refractivity contribution >= 4 is 11.0 Å². The lowest BCUT2D eigenvalue weighted by Gasteiger charge is -2.10. The van der Waals surface area contributed by atoms with Gasteiger partial charge in [-0.2, -0.15) is 0 Å². The van der Waals surface area contributed by atoms with Gasteiger partial charge in [0.2, 0.25) is 0 Å². The molecule has 0 bridgehead atoms. The lowest BCUT2D eigenvalue weighted by Crippen LogP contribution is -2.02. The SMILES string of the molecule is Cc1nc2cc(CCO)ccc2n1C(C)C. The van der Waals surface area contributed by atoms with Gasteiger partial charge in [-0.3, -0.25) is 0 Å². The molecule has 2 rings (SSSR count). The first-order chi connectivity index (χ1) is 7.63. The summed E-state index contributed by atoms with van der Waals surface area (Å²) in [6.07, 6.45) is 0.698. The second-order valence-corrected chi connectivity index (χ2v) is 4.42. The van der Waals surface area contributed by atoms with E-state index in [1.54, 1.807) is 0 Å². The lowest BCUT2D eigenvalue weighted by molar-refractivity contribution is 0.299. The van der Waals surface area contributed by atoms with Gasteiger partial charge in [0, 0.05) is 12.6 Å². The zero-order valence-electron chi connectivity index (χ0n) is 10.1. The van der Waals surface area contributed by atoms with Crippen molar-refractivity contribution in [2.24, 2.45) is 0 Å². The van der Waals surface area contributed by atoms with E-state index in [4.69, 9.17) is 5.11 Å². The first-order valence-electron chi connectivity index (χ1n) is 5.72. The fourth-order valence-corrected chi connectivity index (χ4v) is 2.20. The highest BCUT2D eigenvalue weighted by Gasteiger charge is 2.09. The molecular weight excluding hydrogens is 200 g/mol. The van der Waals surface area contributed by atoms with E-state index in [9.17, 15) is 0 Å². The monoisotopic (exact) mass is 218 g/mol. The molecule has 1 heterocycles. The summed E-state index contributed by atoms with van der Waals surface area (Å²) in [4.78, 5) is 4.56. The van der Waals surface area contributed by atoms with Gasteiger partial charge in [-0.25, -0.2) is 4.98 Å². The number of fused-ring (bicyclic) bond motifs is 1. The summed E-state index contributed by atoms with van der Waals surface area (Å²) in [6.45, 7) is 6.55. The minimum absolute atomic E-state index is 0.190. The van der Waals surface area contributed by atoms with E-state index in [0.717, 1.165) is 16.9 Å². The molecule has 0 saturated carbocycles. The number of hydrogen-bond acceptors (Lipinski definition) is 2. The van der Waals surface area contributed by atoms with E-state index in [0.29, 0.717) is 12.5 Å². The van der Waals surface area contributed by atoms with Crippen LogP contribution in [0.25, 0.3) is 11.0 Å². The van der Waals surface area contributed by atoms with Crippen LogP contribution in [0.5, 0.6) is 0 Å². The predicted molar refractivity (Wildman–Crippen MR) is 65.6 cm³/mol. The topological polar surface area (TPSA) is 38.1 Å². The minimum atomic E-state index is 0.190. The maximum Gasteiger partial charge on any atom is 0.106 e. The molecule has 86 valence electrons. The molecule has 16 heavy (non-hydrogen) atoms. The van der Waals surface area contributed by atoms with Gasteiger partial charge in [0.05, 0.1) is 11.0 Å². The van der Waals surface area contributed by atoms with Gasteiger partial charge in [-0.15, -0.1) is 0 Å². The molecule has 0 aliphatic heterocycles. The minimum Gasteiger partial charge on any atom is -0.396 e. The van der Waals surface area contributed by atoms with Crippen LogP contribution in [-0.2, 0) is 6.42 Å². The van der Waals surface area contributed by atoms with Crippen molar-refractivity contribution in [1.82, 2.24) is 9.55 Å². The Morgan fingerprint density at radius 2 is 2.12 bits per heavy atom. The highest BCUT2D eigenvalue weighted by Crippen LogP contribution is 2.21. The van der Waals surface area contributed by atoms with Gasteiger partial charge in [-0.05, 0) is 44.9 Å². The number of benzene rings is 1.